The molecular formula is C18H29N3O. The van der Waals surface area contributed by atoms with Crippen molar-refractivity contribution in [2.24, 2.45) is 0 Å². The Morgan fingerprint density at radius 2 is 1.73 bits per heavy atom. The lowest BCUT2D eigenvalue weighted by atomic mass is 10.1. The third-order valence-corrected chi connectivity index (χ3v) is 4.38. The first-order chi connectivity index (χ1) is 10.6. The van der Waals surface area contributed by atoms with Crippen molar-refractivity contribution in [2.45, 2.75) is 40.0 Å². The lowest BCUT2D eigenvalue weighted by Crippen LogP contribution is -2.52. The number of nitrogens with zero attached hydrogens (tertiary/aromatic N) is 2. The van der Waals surface area contributed by atoms with Crippen LogP contribution in [0.1, 0.15) is 37.3 Å². The zero-order chi connectivity index (χ0) is 15.9. The molecule has 0 unspecified atom stereocenters. The quantitative estimate of drug-likeness (QED) is 0.847. The first-order valence-corrected chi connectivity index (χ1v) is 8.47. The summed E-state index contributed by atoms with van der Waals surface area (Å²) >= 11 is 0. The Labute approximate surface area is 134 Å². The van der Waals surface area contributed by atoms with Crippen molar-refractivity contribution < 1.29 is 4.79 Å². The number of hydrogen-bond acceptors (Lipinski definition) is 2. The van der Waals surface area contributed by atoms with Crippen molar-refractivity contribution >= 4 is 11.7 Å². The molecular weight excluding hydrogens is 274 g/mol. The number of amides is 2. The Morgan fingerprint density at radius 3 is 2.32 bits per heavy atom. The molecule has 0 bridgehead atoms. The SMILES string of the molecule is CCCCCNC(=O)N1CCN(c2c(C)cccc2C)CC1. The Hall–Kier alpha value is -1.71. The zero-order valence-corrected chi connectivity index (χ0v) is 14.2. The maximum Gasteiger partial charge on any atom is 0.317 e. The number of carbonyl (C=O) groups is 1. The van der Waals surface area contributed by atoms with Crippen LogP contribution in [0.25, 0.3) is 0 Å². The van der Waals surface area contributed by atoms with E-state index in [1.54, 1.807) is 0 Å². The minimum atomic E-state index is 0.0947. The summed E-state index contributed by atoms with van der Waals surface area (Å²) in [7, 11) is 0. The second-order valence-corrected chi connectivity index (χ2v) is 6.15. The number of urea groups is 1. The van der Waals surface area contributed by atoms with E-state index in [9.17, 15) is 4.79 Å². The molecule has 0 aliphatic carbocycles. The summed E-state index contributed by atoms with van der Waals surface area (Å²) in [5.74, 6) is 0. The lowest BCUT2D eigenvalue weighted by molar-refractivity contribution is 0.194. The summed E-state index contributed by atoms with van der Waals surface area (Å²) in [6.45, 7) is 10.7. The van der Waals surface area contributed by atoms with Gasteiger partial charge in [0.15, 0.2) is 0 Å². The van der Waals surface area contributed by atoms with Crippen LogP contribution < -0.4 is 10.2 Å². The first-order valence-electron chi connectivity index (χ1n) is 8.47. The van der Waals surface area contributed by atoms with Gasteiger partial charge in [0.05, 0.1) is 0 Å². The highest BCUT2D eigenvalue weighted by molar-refractivity contribution is 5.74. The van der Waals surface area contributed by atoms with Crippen molar-refractivity contribution in [1.29, 1.82) is 0 Å². The Balaban J connectivity index is 1.84. The predicted molar refractivity (Wildman–Crippen MR) is 92.6 cm³/mol. The molecule has 0 saturated carbocycles. The maximum atomic E-state index is 12.1. The van der Waals surface area contributed by atoms with Gasteiger partial charge in [-0.3, -0.25) is 0 Å². The van der Waals surface area contributed by atoms with Gasteiger partial charge in [-0.25, -0.2) is 4.79 Å². The van der Waals surface area contributed by atoms with Gasteiger partial charge < -0.3 is 15.1 Å². The van der Waals surface area contributed by atoms with Gasteiger partial charge in [0, 0.05) is 38.4 Å². The van der Waals surface area contributed by atoms with Crippen LogP contribution in [0.5, 0.6) is 0 Å². The summed E-state index contributed by atoms with van der Waals surface area (Å²) in [6.07, 6.45) is 3.44. The van der Waals surface area contributed by atoms with Crippen molar-refractivity contribution in [2.75, 3.05) is 37.6 Å². The van der Waals surface area contributed by atoms with E-state index in [2.05, 4.69) is 49.2 Å². The maximum absolute atomic E-state index is 12.1. The van der Waals surface area contributed by atoms with E-state index in [-0.39, 0.29) is 6.03 Å². The molecule has 4 heteroatoms. The fourth-order valence-corrected chi connectivity index (χ4v) is 3.12. The van der Waals surface area contributed by atoms with Crippen molar-refractivity contribution in [3.63, 3.8) is 0 Å². The molecule has 0 spiro atoms. The molecule has 22 heavy (non-hydrogen) atoms. The van der Waals surface area contributed by atoms with Gasteiger partial charge in [-0.2, -0.15) is 0 Å². The fourth-order valence-electron chi connectivity index (χ4n) is 3.12. The molecule has 1 aromatic carbocycles. The molecule has 1 aliphatic heterocycles. The van der Waals surface area contributed by atoms with E-state index in [1.807, 2.05) is 4.90 Å². The van der Waals surface area contributed by atoms with Gasteiger partial charge in [0.2, 0.25) is 0 Å². The molecule has 1 aromatic rings. The minimum Gasteiger partial charge on any atom is -0.368 e. The summed E-state index contributed by atoms with van der Waals surface area (Å²) in [5.41, 5.74) is 3.97. The number of anilines is 1. The van der Waals surface area contributed by atoms with Crippen LogP contribution in [0.4, 0.5) is 10.5 Å². The summed E-state index contributed by atoms with van der Waals surface area (Å²) in [6, 6.07) is 6.52. The second kappa shape index (κ2) is 8.06. The van der Waals surface area contributed by atoms with Crippen LogP contribution in [-0.4, -0.2) is 43.7 Å². The van der Waals surface area contributed by atoms with Gasteiger partial charge in [0.1, 0.15) is 0 Å². The van der Waals surface area contributed by atoms with Crippen LogP contribution in [0, 0.1) is 13.8 Å². The molecule has 0 radical (unpaired) electrons. The topological polar surface area (TPSA) is 35.6 Å². The molecule has 1 aliphatic rings. The summed E-state index contributed by atoms with van der Waals surface area (Å²) < 4.78 is 0. The van der Waals surface area contributed by atoms with Gasteiger partial charge in [-0.15, -0.1) is 0 Å². The number of piperazine rings is 1. The number of unbranched alkanes of at least 4 members (excludes halogenated alkanes) is 2. The number of benzene rings is 1. The van der Waals surface area contributed by atoms with Crippen LogP contribution in [0.3, 0.4) is 0 Å². The highest BCUT2D eigenvalue weighted by Crippen LogP contribution is 2.25. The summed E-state index contributed by atoms with van der Waals surface area (Å²) in [4.78, 5) is 16.5. The zero-order valence-electron chi connectivity index (χ0n) is 14.2. The van der Waals surface area contributed by atoms with Crippen LogP contribution >= 0.6 is 0 Å². The summed E-state index contributed by atoms with van der Waals surface area (Å²) in [5, 5.41) is 3.03. The highest BCUT2D eigenvalue weighted by atomic mass is 16.2. The van der Waals surface area contributed by atoms with Gasteiger partial charge >= 0.3 is 6.03 Å². The third kappa shape index (κ3) is 4.15. The second-order valence-electron chi connectivity index (χ2n) is 6.15. The first kappa shape index (κ1) is 16.7. The minimum absolute atomic E-state index is 0.0947. The van der Waals surface area contributed by atoms with E-state index >= 15 is 0 Å². The van der Waals surface area contributed by atoms with Crippen LogP contribution in [-0.2, 0) is 0 Å². The van der Waals surface area contributed by atoms with Gasteiger partial charge in [-0.1, -0.05) is 38.0 Å². The monoisotopic (exact) mass is 303 g/mol. The van der Waals surface area contributed by atoms with E-state index < -0.39 is 0 Å². The number of aryl methyl sites for hydroxylation is 2. The van der Waals surface area contributed by atoms with Crippen molar-refractivity contribution in [3.05, 3.63) is 29.3 Å². The van der Waals surface area contributed by atoms with Crippen LogP contribution in [0.15, 0.2) is 18.2 Å². The molecule has 0 aromatic heterocycles. The molecule has 1 heterocycles. The molecule has 4 nitrogen and oxygen atoms in total. The van der Waals surface area contributed by atoms with Gasteiger partial charge in [-0.05, 0) is 31.4 Å². The molecule has 1 N–H and O–H groups in total. The Bertz CT molecular complexity index is 473. The molecule has 2 amide bonds. The predicted octanol–water partition coefficient (Wildman–Crippen LogP) is 3.33. The number of carbonyl (C=O) groups excluding carboxylic acids is 1. The molecule has 122 valence electrons. The van der Waals surface area contributed by atoms with Crippen molar-refractivity contribution in [1.82, 2.24) is 10.2 Å². The average molecular weight is 303 g/mol. The standard InChI is InChI=1S/C18H29N3O/c1-4-5-6-10-19-18(22)21-13-11-20(12-14-21)17-15(2)8-7-9-16(17)3/h7-9H,4-6,10-14H2,1-3H3,(H,19,22). The fraction of sp³-hybridized carbons (Fsp3) is 0.611. The lowest BCUT2D eigenvalue weighted by Gasteiger charge is -2.37. The number of nitrogens with one attached hydrogen (secondary N) is 1. The Morgan fingerprint density at radius 1 is 1.09 bits per heavy atom. The molecule has 0 atom stereocenters. The van der Waals surface area contributed by atoms with E-state index in [4.69, 9.17) is 0 Å². The van der Waals surface area contributed by atoms with Gasteiger partial charge in [0.25, 0.3) is 0 Å². The molecule has 1 saturated heterocycles. The van der Waals surface area contributed by atoms with E-state index in [0.717, 1.165) is 39.1 Å². The third-order valence-electron chi connectivity index (χ3n) is 4.38. The number of para-hydroxylation sites is 1. The number of rotatable bonds is 5. The molecule has 1 fully saturated rings. The average Bonchev–Trinajstić information content (AvgIpc) is 2.52. The largest absolute Gasteiger partial charge is 0.368 e. The molecule has 2 rings (SSSR count). The normalized spacial score (nSPS) is 15.0. The van der Waals surface area contributed by atoms with Crippen molar-refractivity contribution in [3.8, 4) is 0 Å². The van der Waals surface area contributed by atoms with E-state index in [1.165, 1.54) is 29.7 Å². The van der Waals surface area contributed by atoms with Crippen LogP contribution in [0.2, 0.25) is 0 Å². The Kier molecular flexibility index (Phi) is 6.10. The highest BCUT2D eigenvalue weighted by Gasteiger charge is 2.22. The van der Waals surface area contributed by atoms with E-state index in [0.29, 0.717) is 0 Å². The number of hydrogen-bond donors (Lipinski definition) is 1. The smallest absolute Gasteiger partial charge is 0.317 e.